The summed E-state index contributed by atoms with van der Waals surface area (Å²) in [6, 6.07) is 0. The van der Waals surface area contributed by atoms with Gasteiger partial charge >= 0.3 is 5.82 Å². The first-order valence-electron chi connectivity index (χ1n) is 3.32. The lowest BCUT2D eigenvalue weighted by Gasteiger charge is -1.94. The molecule has 0 unspecified atom stereocenters. The van der Waals surface area contributed by atoms with E-state index in [0.717, 1.165) is 6.08 Å². The number of nitrogens with two attached hydrogens (primary N) is 1. The van der Waals surface area contributed by atoms with Gasteiger partial charge in [-0.2, -0.15) is 0 Å². The number of aliphatic hydroxyl groups is 1. The zero-order valence-electron chi connectivity index (χ0n) is 6.67. The van der Waals surface area contributed by atoms with Crippen molar-refractivity contribution in [1.82, 2.24) is 0 Å². The van der Waals surface area contributed by atoms with E-state index in [1.807, 2.05) is 0 Å². The van der Waals surface area contributed by atoms with Crippen molar-refractivity contribution in [3.8, 4) is 0 Å². The lowest BCUT2D eigenvalue weighted by Crippen LogP contribution is -2.09. The fraction of sp³-hybridized carbons (Fsp3) is 0.500. The first-order valence-corrected chi connectivity index (χ1v) is 3.32. The maximum atomic E-state index is 9.93. The van der Waals surface area contributed by atoms with E-state index in [1.165, 1.54) is 6.21 Å². The topological polar surface area (TPSA) is 102 Å². The molecule has 0 aliphatic heterocycles. The summed E-state index contributed by atoms with van der Waals surface area (Å²) < 4.78 is 0. The molecule has 6 nitrogen and oxygen atoms in total. The second kappa shape index (κ2) is 5.25. The molecule has 0 radical (unpaired) electrons. The minimum atomic E-state index is -0.714. The molecule has 0 spiro atoms. The molecule has 0 aliphatic rings. The Morgan fingerprint density at radius 2 is 2.50 bits per heavy atom. The van der Waals surface area contributed by atoms with E-state index in [-0.39, 0.29) is 6.54 Å². The highest BCUT2D eigenvalue weighted by Crippen LogP contribution is 1.83. The van der Waals surface area contributed by atoms with Crippen LogP contribution in [-0.4, -0.2) is 28.9 Å². The fourth-order valence-electron chi connectivity index (χ4n) is 0.403. The van der Waals surface area contributed by atoms with Crippen molar-refractivity contribution in [2.45, 2.75) is 13.0 Å². The van der Waals surface area contributed by atoms with E-state index >= 15 is 0 Å². The number of aliphatic hydroxyl groups excluding tert-OH is 1. The average molecular weight is 173 g/mol. The molecule has 0 aromatic heterocycles. The molecule has 0 saturated heterocycles. The summed E-state index contributed by atoms with van der Waals surface area (Å²) in [5.41, 5.74) is 4.94. The largest absolute Gasteiger partial charge is 0.391 e. The van der Waals surface area contributed by atoms with Crippen molar-refractivity contribution in [3.05, 3.63) is 22.0 Å². The van der Waals surface area contributed by atoms with Crippen molar-refractivity contribution in [3.63, 3.8) is 0 Å². The summed E-state index contributed by atoms with van der Waals surface area (Å²) in [4.78, 5) is 12.9. The van der Waals surface area contributed by atoms with Crippen LogP contribution in [0.1, 0.15) is 6.92 Å². The number of hydrogen-bond acceptors (Lipinski definition) is 5. The summed E-state index contributed by atoms with van der Waals surface area (Å²) in [6.07, 6.45) is 1.72. The maximum Gasteiger partial charge on any atom is 0.315 e. The Labute approximate surface area is 69.6 Å². The molecule has 0 aromatic carbocycles. The molecule has 0 amide bonds. The molecule has 0 aliphatic carbocycles. The quantitative estimate of drug-likeness (QED) is 0.340. The summed E-state index contributed by atoms with van der Waals surface area (Å²) in [6.45, 7) is 1.78. The van der Waals surface area contributed by atoms with E-state index in [1.54, 1.807) is 6.92 Å². The average Bonchev–Trinajstić information content (AvgIpc) is 1.97. The summed E-state index contributed by atoms with van der Waals surface area (Å²) in [7, 11) is 0. The molecule has 0 heterocycles. The van der Waals surface area contributed by atoms with E-state index in [4.69, 9.17) is 10.8 Å². The summed E-state index contributed by atoms with van der Waals surface area (Å²) in [5.74, 6) is -0.468. The van der Waals surface area contributed by atoms with Crippen LogP contribution in [0.2, 0.25) is 0 Å². The van der Waals surface area contributed by atoms with Crippen LogP contribution in [0, 0.1) is 10.1 Å². The van der Waals surface area contributed by atoms with Crippen molar-refractivity contribution in [1.29, 1.82) is 0 Å². The first kappa shape index (κ1) is 10.6. The van der Waals surface area contributed by atoms with Crippen LogP contribution in [0.15, 0.2) is 16.9 Å². The van der Waals surface area contributed by atoms with Gasteiger partial charge in [0, 0.05) is 12.3 Å². The molecule has 68 valence electrons. The van der Waals surface area contributed by atoms with Gasteiger partial charge in [-0.05, 0) is 11.8 Å². The zero-order valence-corrected chi connectivity index (χ0v) is 6.67. The predicted octanol–water partition coefficient (Wildman–Crippen LogP) is -0.485. The Hall–Kier alpha value is -1.43. The van der Waals surface area contributed by atoms with E-state index in [9.17, 15) is 10.1 Å². The van der Waals surface area contributed by atoms with Gasteiger partial charge in [0.05, 0.1) is 12.6 Å². The third kappa shape index (κ3) is 5.36. The van der Waals surface area contributed by atoms with Crippen LogP contribution in [0.3, 0.4) is 0 Å². The van der Waals surface area contributed by atoms with Gasteiger partial charge in [0.1, 0.15) is 0 Å². The molecule has 0 fully saturated rings. The lowest BCUT2D eigenvalue weighted by atomic mass is 10.4. The number of hydrogen-bond donors (Lipinski definition) is 2. The Kier molecular flexibility index (Phi) is 4.62. The fourth-order valence-corrected chi connectivity index (χ4v) is 0.403. The van der Waals surface area contributed by atoms with Crippen LogP contribution in [0.5, 0.6) is 0 Å². The number of rotatable bonds is 4. The highest BCUT2D eigenvalue weighted by Gasteiger charge is 1.95. The van der Waals surface area contributed by atoms with Crippen LogP contribution >= 0.6 is 0 Å². The van der Waals surface area contributed by atoms with E-state index in [0.29, 0.717) is 0 Å². The second-order valence-electron chi connectivity index (χ2n) is 2.21. The minimum absolute atomic E-state index is 0.210. The van der Waals surface area contributed by atoms with Gasteiger partial charge in [0.15, 0.2) is 0 Å². The molecular weight excluding hydrogens is 162 g/mol. The van der Waals surface area contributed by atoms with Crippen LogP contribution in [0.25, 0.3) is 0 Å². The minimum Gasteiger partial charge on any atom is -0.391 e. The monoisotopic (exact) mass is 173 g/mol. The smallest absolute Gasteiger partial charge is 0.315 e. The summed E-state index contributed by atoms with van der Waals surface area (Å²) >= 11 is 0. The second-order valence-corrected chi connectivity index (χ2v) is 2.21. The molecule has 6 heteroatoms. The molecule has 1 atom stereocenters. The van der Waals surface area contributed by atoms with Gasteiger partial charge < -0.3 is 15.2 Å². The molecular formula is C6H11N3O3. The SMILES string of the molecule is C[C@@H](O)CN=CC=C(N)[N+](=O)[O-]. The van der Waals surface area contributed by atoms with Gasteiger partial charge in [0.2, 0.25) is 0 Å². The van der Waals surface area contributed by atoms with Gasteiger partial charge in [-0.3, -0.25) is 10.7 Å². The van der Waals surface area contributed by atoms with Crippen molar-refractivity contribution in [2.24, 2.45) is 10.7 Å². The van der Waals surface area contributed by atoms with Gasteiger partial charge in [0.25, 0.3) is 0 Å². The van der Waals surface area contributed by atoms with Crippen molar-refractivity contribution in [2.75, 3.05) is 6.54 Å². The van der Waals surface area contributed by atoms with Crippen molar-refractivity contribution >= 4 is 6.21 Å². The summed E-state index contributed by atoms with van der Waals surface area (Å²) in [5, 5.41) is 18.7. The zero-order chi connectivity index (χ0) is 9.56. The maximum absolute atomic E-state index is 9.93. The number of aliphatic imine (C=N–C) groups is 1. The molecule has 3 N–H and O–H groups in total. The highest BCUT2D eigenvalue weighted by atomic mass is 16.6. The molecule has 0 saturated carbocycles. The predicted molar refractivity (Wildman–Crippen MR) is 44.3 cm³/mol. The van der Waals surface area contributed by atoms with Crippen LogP contribution in [0.4, 0.5) is 0 Å². The van der Waals surface area contributed by atoms with Crippen LogP contribution in [-0.2, 0) is 0 Å². The van der Waals surface area contributed by atoms with Crippen molar-refractivity contribution < 1.29 is 10.0 Å². The standard InChI is InChI=1S/C6H11N3O3/c1-5(10)4-8-3-2-6(7)9(11)12/h2-3,5,10H,4,7H2,1H3/t5-/m1/s1. The Bertz CT molecular complexity index is 210. The third-order valence-electron chi connectivity index (χ3n) is 0.931. The van der Waals surface area contributed by atoms with E-state index in [2.05, 4.69) is 4.99 Å². The lowest BCUT2D eigenvalue weighted by molar-refractivity contribution is -0.426. The van der Waals surface area contributed by atoms with Gasteiger partial charge in [-0.25, -0.2) is 0 Å². The number of allylic oxidation sites excluding steroid dienone is 1. The Balaban J connectivity index is 3.87. The van der Waals surface area contributed by atoms with Gasteiger partial charge in [-0.1, -0.05) is 0 Å². The first-order chi connectivity index (χ1) is 5.54. The number of nitrogens with zero attached hydrogens (tertiary/aromatic N) is 2. The van der Waals surface area contributed by atoms with Gasteiger partial charge in [-0.15, -0.1) is 0 Å². The molecule has 0 aromatic rings. The molecule has 0 rings (SSSR count). The molecule has 0 bridgehead atoms. The third-order valence-corrected chi connectivity index (χ3v) is 0.931. The Morgan fingerprint density at radius 1 is 1.92 bits per heavy atom. The molecule has 12 heavy (non-hydrogen) atoms. The normalized spacial score (nSPS) is 15.0. The Morgan fingerprint density at radius 3 is 2.92 bits per heavy atom. The van der Waals surface area contributed by atoms with E-state index < -0.39 is 16.8 Å². The number of nitro groups is 1. The van der Waals surface area contributed by atoms with Crippen LogP contribution < -0.4 is 5.73 Å². The highest BCUT2D eigenvalue weighted by molar-refractivity contribution is 5.71.